The number of rotatable bonds is 7. The van der Waals surface area contributed by atoms with Crippen molar-refractivity contribution in [1.82, 2.24) is 5.32 Å². The zero-order valence-corrected chi connectivity index (χ0v) is 12.3. The number of methoxy groups -OCH3 is 1. The Labute approximate surface area is 119 Å². The van der Waals surface area contributed by atoms with Crippen LogP contribution in [-0.2, 0) is 16.0 Å². The van der Waals surface area contributed by atoms with Crippen LogP contribution in [0.15, 0.2) is 18.2 Å². The van der Waals surface area contributed by atoms with Gasteiger partial charge < -0.3 is 15.4 Å². The van der Waals surface area contributed by atoms with Gasteiger partial charge in [-0.2, -0.15) is 0 Å². The summed E-state index contributed by atoms with van der Waals surface area (Å²) in [6, 6.07) is 5.47. The SMILES string of the molecule is CCCC(=O)NCCc1cc(NC(C)=O)ccc1OC. The highest BCUT2D eigenvalue weighted by atomic mass is 16.5. The monoisotopic (exact) mass is 278 g/mol. The van der Waals surface area contributed by atoms with Gasteiger partial charge in [0.05, 0.1) is 7.11 Å². The Bertz CT molecular complexity index is 472. The Hall–Kier alpha value is -2.04. The number of amides is 2. The van der Waals surface area contributed by atoms with Crippen LogP contribution in [0.5, 0.6) is 5.75 Å². The van der Waals surface area contributed by atoms with Gasteiger partial charge in [0.15, 0.2) is 0 Å². The van der Waals surface area contributed by atoms with Crippen LogP contribution in [0.3, 0.4) is 0 Å². The van der Waals surface area contributed by atoms with E-state index in [2.05, 4.69) is 10.6 Å². The second-order valence-corrected chi connectivity index (χ2v) is 4.56. The van der Waals surface area contributed by atoms with Crippen molar-refractivity contribution in [3.8, 4) is 5.75 Å². The molecular formula is C15H22N2O3. The molecule has 5 heteroatoms. The van der Waals surface area contributed by atoms with E-state index in [1.165, 1.54) is 6.92 Å². The first-order valence-electron chi connectivity index (χ1n) is 6.78. The van der Waals surface area contributed by atoms with Crippen LogP contribution >= 0.6 is 0 Å². The second kappa shape index (κ2) is 8.19. The molecule has 1 aromatic rings. The lowest BCUT2D eigenvalue weighted by Gasteiger charge is -2.11. The number of nitrogens with one attached hydrogen (secondary N) is 2. The highest BCUT2D eigenvalue weighted by molar-refractivity contribution is 5.88. The Morgan fingerprint density at radius 3 is 2.65 bits per heavy atom. The molecule has 0 aliphatic carbocycles. The lowest BCUT2D eigenvalue weighted by Crippen LogP contribution is -2.25. The van der Waals surface area contributed by atoms with Crippen LogP contribution in [0.2, 0.25) is 0 Å². The lowest BCUT2D eigenvalue weighted by atomic mass is 10.1. The van der Waals surface area contributed by atoms with Gasteiger partial charge in [0.2, 0.25) is 11.8 Å². The van der Waals surface area contributed by atoms with E-state index in [1.807, 2.05) is 19.1 Å². The fourth-order valence-corrected chi connectivity index (χ4v) is 1.91. The maximum absolute atomic E-state index is 11.4. The Morgan fingerprint density at radius 1 is 1.30 bits per heavy atom. The van der Waals surface area contributed by atoms with Gasteiger partial charge in [-0.1, -0.05) is 6.92 Å². The number of anilines is 1. The average Bonchev–Trinajstić information content (AvgIpc) is 2.38. The molecule has 0 bridgehead atoms. The highest BCUT2D eigenvalue weighted by Gasteiger charge is 2.06. The first-order valence-corrected chi connectivity index (χ1v) is 6.78. The largest absolute Gasteiger partial charge is 0.496 e. The fourth-order valence-electron chi connectivity index (χ4n) is 1.91. The van der Waals surface area contributed by atoms with Crippen LogP contribution in [0.1, 0.15) is 32.3 Å². The van der Waals surface area contributed by atoms with E-state index in [4.69, 9.17) is 4.74 Å². The summed E-state index contributed by atoms with van der Waals surface area (Å²) in [5, 5.41) is 5.60. The summed E-state index contributed by atoms with van der Waals surface area (Å²) in [5.74, 6) is 0.700. The van der Waals surface area contributed by atoms with Crippen LogP contribution in [-0.4, -0.2) is 25.5 Å². The maximum atomic E-state index is 11.4. The van der Waals surface area contributed by atoms with Crippen molar-refractivity contribution in [3.05, 3.63) is 23.8 Å². The molecule has 0 unspecified atom stereocenters. The molecule has 20 heavy (non-hydrogen) atoms. The minimum absolute atomic E-state index is 0.0597. The lowest BCUT2D eigenvalue weighted by molar-refractivity contribution is -0.121. The summed E-state index contributed by atoms with van der Waals surface area (Å²) >= 11 is 0. The van der Waals surface area contributed by atoms with Crippen LogP contribution in [0.25, 0.3) is 0 Å². The van der Waals surface area contributed by atoms with Crippen molar-refractivity contribution < 1.29 is 14.3 Å². The van der Waals surface area contributed by atoms with Gasteiger partial charge in [-0.3, -0.25) is 9.59 Å². The van der Waals surface area contributed by atoms with Crippen molar-refractivity contribution in [2.45, 2.75) is 33.1 Å². The Morgan fingerprint density at radius 2 is 2.05 bits per heavy atom. The zero-order chi connectivity index (χ0) is 15.0. The van der Waals surface area contributed by atoms with E-state index in [-0.39, 0.29) is 11.8 Å². The molecule has 0 aliphatic heterocycles. The van der Waals surface area contributed by atoms with E-state index in [0.717, 1.165) is 23.4 Å². The van der Waals surface area contributed by atoms with Gasteiger partial charge in [0.25, 0.3) is 0 Å². The van der Waals surface area contributed by atoms with Crippen LogP contribution in [0, 0.1) is 0 Å². The van der Waals surface area contributed by atoms with E-state index >= 15 is 0 Å². The van der Waals surface area contributed by atoms with Gasteiger partial charge in [0.1, 0.15) is 5.75 Å². The Kier molecular flexibility index (Phi) is 6.56. The van der Waals surface area contributed by atoms with Crippen LogP contribution in [0.4, 0.5) is 5.69 Å². The van der Waals surface area contributed by atoms with Crippen molar-refractivity contribution in [1.29, 1.82) is 0 Å². The molecular weight excluding hydrogens is 256 g/mol. The Balaban J connectivity index is 2.66. The maximum Gasteiger partial charge on any atom is 0.221 e. The third kappa shape index (κ3) is 5.30. The van der Waals surface area contributed by atoms with Crippen molar-refractivity contribution >= 4 is 17.5 Å². The minimum atomic E-state index is -0.114. The number of ether oxygens (including phenoxy) is 1. The normalized spacial score (nSPS) is 9.95. The standard InChI is InChI=1S/C15H22N2O3/c1-4-5-15(19)16-9-8-12-10-13(17-11(2)18)6-7-14(12)20-3/h6-7,10H,4-5,8-9H2,1-3H3,(H,16,19)(H,17,18). The summed E-state index contributed by atoms with van der Waals surface area (Å²) in [6.07, 6.45) is 2.04. The van der Waals surface area contributed by atoms with E-state index in [1.54, 1.807) is 13.2 Å². The minimum Gasteiger partial charge on any atom is -0.496 e. The number of benzene rings is 1. The average molecular weight is 278 g/mol. The number of hydrogen-bond donors (Lipinski definition) is 2. The third-order valence-electron chi connectivity index (χ3n) is 2.79. The molecule has 0 heterocycles. The van der Waals surface area contributed by atoms with Gasteiger partial charge >= 0.3 is 0 Å². The topological polar surface area (TPSA) is 67.4 Å². The molecule has 0 radical (unpaired) electrons. The third-order valence-corrected chi connectivity index (χ3v) is 2.79. The molecule has 0 aromatic heterocycles. The number of hydrogen-bond acceptors (Lipinski definition) is 3. The molecule has 0 fully saturated rings. The summed E-state index contributed by atoms with van der Waals surface area (Å²) in [4.78, 5) is 22.5. The predicted octanol–water partition coefficient (Wildman–Crippen LogP) is 2.11. The number of carbonyl (C=O) groups excluding carboxylic acids is 2. The summed E-state index contributed by atoms with van der Waals surface area (Å²) in [5.41, 5.74) is 1.68. The first-order chi connectivity index (χ1) is 9.56. The van der Waals surface area contributed by atoms with Gasteiger partial charge in [-0.05, 0) is 36.6 Å². The second-order valence-electron chi connectivity index (χ2n) is 4.56. The molecule has 0 saturated heterocycles. The molecule has 0 atom stereocenters. The summed E-state index contributed by atoms with van der Waals surface area (Å²) in [7, 11) is 1.60. The predicted molar refractivity (Wildman–Crippen MR) is 78.9 cm³/mol. The molecule has 110 valence electrons. The molecule has 5 nitrogen and oxygen atoms in total. The molecule has 2 N–H and O–H groups in total. The smallest absolute Gasteiger partial charge is 0.221 e. The van der Waals surface area contributed by atoms with E-state index < -0.39 is 0 Å². The molecule has 1 rings (SSSR count). The van der Waals surface area contributed by atoms with E-state index in [0.29, 0.717) is 19.4 Å². The van der Waals surface area contributed by atoms with Crippen molar-refractivity contribution in [2.75, 3.05) is 19.0 Å². The fraction of sp³-hybridized carbons (Fsp3) is 0.467. The summed E-state index contributed by atoms with van der Waals surface area (Å²) < 4.78 is 5.28. The summed E-state index contributed by atoms with van der Waals surface area (Å²) in [6.45, 7) is 3.99. The molecule has 0 aliphatic rings. The molecule has 2 amide bonds. The quantitative estimate of drug-likeness (QED) is 0.802. The van der Waals surface area contributed by atoms with Gasteiger partial charge in [-0.15, -0.1) is 0 Å². The highest BCUT2D eigenvalue weighted by Crippen LogP contribution is 2.23. The van der Waals surface area contributed by atoms with Crippen molar-refractivity contribution in [3.63, 3.8) is 0 Å². The first kappa shape index (κ1) is 16.0. The molecule has 0 spiro atoms. The van der Waals surface area contributed by atoms with Crippen LogP contribution < -0.4 is 15.4 Å². The molecule has 0 saturated carbocycles. The van der Waals surface area contributed by atoms with E-state index in [9.17, 15) is 9.59 Å². The number of carbonyl (C=O) groups is 2. The zero-order valence-electron chi connectivity index (χ0n) is 12.3. The van der Waals surface area contributed by atoms with Gasteiger partial charge in [-0.25, -0.2) is 0 Å². The van der Waals surface area contributed by atoms with Crippen molar-refractivity contribution in [2.24, 2.45) is 0 Å². The van der Waals surface area contributed by atoms with Gasteiger partial charge in [0, 0.05) is 25.6 Å². The molecule has 1 aromatic carbocycles.